The summed E-state index contributed by atoms with van der Waals surface area (Å²) in [6.07, 6.45) is -1.39. The van der Waals surface area contributed by atoms with Crippen LogP contribution in [0.25, 0.3) is 0 Å². The molecule has 1 saturated carbocycles. The third-order valence-electron chi connectivity index (χ3n) is 7.58. The van der Waals surface area contributed by atoms with Crippen molar-refractivity contribution < 1.29 is 49.3 Å². The number of thioether (sulfide) groups is 1. The van der Waals surface area contributed by atoms with Gasteiger partial charge in [-0.2, -0.15) is 0 Å². The van der Waals surface area contributed by atoms with Gasteiger partial charge in [-0.3, -0.25) is 4.79 Å². The molecule has 6 N–H and O–H groups in total. The minimum atomic E-state index is -1.55. The van der Waals surface area contributed by atoms with E-state index in [1.54, 1.807) is 6.92 Å². The van der Waals surface area contributed by atoms with E-state index in [9.17, 15) is 35.1 Å². The van der Waals surface area contributed by atoms with E-state index in [1.807, 2.05) is 0 Å². The number of esters is 1. The van der Waals surface area contributed by atoms with Crippen LogP contribution in [-0.2, 0) is 19.0 Å². The number of carbonyl (C=O) groups is 2. The number of nitrogens with one attached hydrogen (secondary N) is 1. The number of carbonyl (C=O) groups excluding carboxylic acids is 2. The van der Waals surface area contributed by atoms with Crippen LogP contribution in [0.1, 0.15) is 56.3 Å². The monoisotopic (exact) mass is 571 g/mol. The van der Waals surface area contributed by atoms with Crippen molar-refractivity contribution in [2.24, 2.45) is 11.8 Å². The van der Waals surface area contributed by atoms with Crippen LogP contribution in [0.2, 0.25) is 0 Å². The lowest BCUT2D eigenvalue weighted by Crippen LogP contribution is -2.65. The molecule has 11 nitrogen and oxygen atoms in total. The Morgan fingerprint density at radius 2 is 1.82 bits per heavy atom. The molecule has 1 aliphatic carbocycles. The Hall–Kier alpha value is -2.09. The van der Waals surface area contributed by atoms with Crippen LogP contribution in [0.4, 0.5) is 0 Å². The smallest absolute Gasteiger partial charge is 0.345 e. The number of amides is 1. The van der Waals surface area contributed by atoms with Crippen molar-refractivity contribution in [3.63, 3.8) is 0 Å². The van der Waals surface area contributed by atoms with E-state index < -0.39 is 59.5 Å². The molecule has 39 heavy (non-hydrogen) atoms. The Labute approximate surface area is 232 Å². The van der Waals surface area contributed by atoms with Gasteiger partial charge >= 0.3 is 5.97 Å². The lowest BCUT2D eigenvalue weighted by atomic mass is 9.91. The van der Waals surface area contributed by atoms with Gasteiger partial charge in [0.05, 0.1) is 12.1 Å². The van der Waals surface area contributed by atoms with E-state index in [0.29, 0.717) is 5.92 Å². The third kappa shape index (κ3) is 7.77. The molecule has 0 radical (unpaired) electrons. The Bertz CT molecular complexity index is 944. The predicted octanol–water partition coefficient (Wildman–Crippen LogP) is 1.53. The minimum absolute atomic E-state index is 0.134. The van der Waals surface area contributed by atoms with Gasteiger partial charge in [-0.15, -0.1) is 11.8 Å². The topological polar surface area (TPSA) is 175 Å². The Balaban J connectivity index is 1.61. The van der Waals surface area contributed by atoms with E-state index in [-0.39, 0.29) is 29.7 Å². The highest BCUT2D eigenvalue weighted by Crippen LogP contribution is 2.35. The molecular weight excluding hydrogens is 530 g/mol. The highest BCUT2D eigenvalue weighted by atomic mass is 32.2. The standard InChI is InChI=1S/C27H41NO10S/c1-4-6-15-9-10-16(13-15)25(34)28-20(14(2)36-3)24-22(32)21(31)23(33)27(38-24)39-12-11-37-26(35)19-17(29)7-5-8-18(19)30/h5,7-8,14-16,20-24,27,29-33H,4,6,9-13H2,1-3H3,(H,28,34)/t14-,15+,16+,20-,21+,22-,23-,24-,27-/m1/s1. The normalized spacial score (nSPS) is 30.5. The molecule has 9 atom stereocenters. The molecule has 1 aliphatic heterocycles. The molecule has 1 aromatic carbocycles. The summed E-state index contributed by atoms with van der Waals surface area (Å²) in [6, 6.07) is 3.08. The quantitative estimate of drug-likeness (QED) is 0.159. The Kier molecular flexibility index (Phi) is 11.7. The first-order chi connectivity index (χ1) is 18.6. The molecule has 0 bridgehead atoms. The fourth-order valence-electron chi connectivity index (χ4n) is 5.30. The van der Waals surface area contributed by atoms with E-state index in [4.69, 9.17) is 14.2 Å². The van der Waals surface area contributed by atoms with Gasteiger partial charge in [0.15, 0.2) is 0 Å². The molecule has 1 heterocycles. The molecule has 2 aliphatic rings. The van der Waals surface area contributed by atoms with Crippen molar-refractivity contribution >= 4 is 23.6 Å². The third-order valence-corrected chi connectivity index (χ3v) is 8.70. The average molecular weight is 572 g/mol. The molecule has 2 fully saturated rings. The number of ether oxygens (including phenoxy) is 3. The molecule has 12 heteroatoms. The first-order valence-corrected chi connectivity index (χ1v) is 14.5. The molecule has 0 spiro atoms. The van der Waals surface area contributed by atoms with E-state index in [1.165, 1.54) is 25.3 Å². The Morgan fingerprint density at radius 1 is 1.13 bits per heavy atom. The predicted molar refractivity (Wildman–Crippen MR) is 143 cm³/mol. The van der Waals surface area contributed by atoms with E-state index >= 15 is 0 Å². The van der Waals surface area contributed by atoms with Crippen molar-refractivity contribution in [3.8, 4) is 11.5 Å². The maximum atomic E-state index is 13.1. The SMILES string of the molecule is CCC[C@H]1CC[C@H](C(=O)N[C@@H]([C@H]2O[C@H](SCCOC(=O)c3c(O)cccc3O)[C@H](O)[C@@H](O)[C@H]2O)[C@@H](C)OC)C1. The molecule has 0 unspecified atom stereocenters. The second-order valence-corrected chi connectivity index (χ2v) is 11.5. The molecule has 1 saturated heterocycles. The fourth-order valence-corrected chi connectivity index (χ4v) is 6.27. The second-order valence-electron chi connectivity index (χ2n) is 10.3. The number of hydrogen-bond acceptors (Lipinski definition) is 11. The number of rotatable bonds is 12. The van der Waals surface area contributed by atoms with Crippen molar-refractivity contribution in [3.05, 3.63) is 23.8 Å². The number of phenols is 2. The molecule has 1 amide bonds. The van der Waals surface area contributed by atoms with Gasteiger partial charge in [-0.1, -0.05) is 25.8 Å². The Morgan fingerprint density at radius 3 is 2.46 bits per heavy atom. The van der Waals surface area contributed by atoms with Gasteiger partial charge < -0.3 is 45.1 Å². The zero-order valence-electron chi connectivity index (χ0n) is 22.6. The van der Waals surface area contributed by atoms with Crippen molar-refractivity contribution in [1.29, 1.82) is 0 Å². The van der Waals surface area contributed by atoms with Gasteiger partial charge in [-0.25, -0.2) is 4.79 Å². The first kappa shape index (κ1) is 31.4. The van der Waals surface area contributed by atoms with Crippen molar-refractivity contribution in [2.45, 2.75) is 87.9 Å². The maximum absolute atomic E-state index is 13.1. The first-order valence-electron chi connectivity index (χ1n) is 13.4. The van der Waals surface area contributed by atoms with Gasteiger partial charge in [0, 0.05) is 18.8 Å². The fraction of sp³-hybridized carbons (Fsp3) is 0.704. The van der Waals surface area contributed by atoms with Gasteiger partial charge in [-0.05, 0) is 44.2 Å². The lowest BCUT2D eigenvalue weighted by Gasteiger charge is -2.44. The zero-order valence-corrected chi connectivity index (χ0v) is 23.4. The van der Waals surface area contributed by atoms with Crippen molar-refractivity contribution in [1.82, 2.24) is 5.32 Å². The van der Waals surface area contributed by atoms with Crippen LogP contribution < -0.4 is 5.32 Å². The van der Waals surface area contributed by atoms with Gasteiger partial charge in [0.25, 0.3) is 0 Å². The number of aliphatic hydroxyl groups is 3. The van der Waals surface area contributed by atoms with Crippen LogP contribution in [-0.4, -0.2) is 98.9 Å². The number of hydrogen-bond donors (Lipinski definition) is 6. The molecule has 220 valence electrons. The van der Waals surface area contributed by atoms with Crippen LogP contribution in [0.5, 0.6) is 11.5 Å². The number of aromatic hydroxyl groups is 2. The van der Waals surface area contributed by atoms with Crippen LogP contribution in [0, 0.1) is 11.8 Å². The summed E-state index contributed by atoms with van der Waals surface area (Å²) in [7, 11) is 1.47. The number of benzene rings is 1. The summed E-state index contributed by atoms with van der Waals surface area (Å²) < 4.78 is 16.6. The van der Waals surface area contributed by atoms with E-state index in [2.05, 4.69) is 12.2 Å². The molecular formula is C27H41NO10S. The summed E-state index contributed by atoms with van der Waals surface area (Å²) in [6.45, 7) is 3.70. The summed E-state index contributed by atoms with van der Waals surface area (Å²) in [5.41, 5.74) is -1.36. The van der Waals surface area contributed by atoms with Crippen molar-refractivity contribution in [2.75, 3.05) is 19.5 Å². The highest BCUT2D eigenvalue weighted by Gasteiger charge is 2.49. The summed E-state index contributed by atoms with van der Waals surface area (Å²) in [5, 5.41) is 54.5. The molecule has 1 aromatic rings. The largest absolute Gasteiger partial charge is 0.507 e. The van der Waals surface area contributed by atoms with Crippen LogP contribution in [0.3, 0.4) is 0 Å². The van der Waals surface area contributed by atoms with Crippen LogP contribution in [0.15, 0.2) is 18.2 Å². The maximum Gasteiger partial charge on any atom is 0.345 e. The highest BCUT2D eigenvalue weighted by molar-refractivity contribution is 7.99. The minimum Gasteiger partial charge on any atom is -0.507 e. The average Bonchev–Trinajstić information content (AvgIpc) is 3.38. The zero-order chi connectivity index (χ0) is 28.7. The number of phenolic OH excluding ortho intramolecular Hbond substituents is 2. The van der Waals surface area contributed by atoms with Gasteiger partial charge in [0.2, 0.25) is 5.91 Å². The molecule has 3 rings (SSSR count). The van der Waals surface area contributed by atoms with E-state index in [0.717, 1.165) is 43.9 Å². The number of methoxy groups -OCH3 is 1. The lowest BCUT2D eigenvalue weighted by molar-refractivity contribution is -0.212. The molecule has 0 aromatic heterocycles. The second kappa shape index (κ2) is 14.5. The number of aliphatic hydroxyl groups excluding tert-OH is 3. The van der Waals surface area contributed by atoms with Crippen LogP contribution >= 0.6 is 11.8 Å². The summed E-state index contributed by atoms with van der Waals surface area (Å²) >= 11 is 1.05. The van der Waals surface area contributed by atoms with Gasteiger partial charge in [0.1, 0.15) is 53.5 Å². The summed E-state index contributed by atoms with van der Waals surface area (Å²) in [5.74, 6) is -1.41. The summed E-state index contributed by atoms with van der Waals surface area (Å²) in [4.78, 5) is 25.4.